The molecule has 3 aliphatic rings. The lowest BCUT2D eigenvalue weighted by Crippen LogP contribution is -2.33. The predicted molar refractivity (Wildman–Crippen MR) is 76.7 cm³/mol. The summed E-state index contributed by atoms with van der Waals surface area (Å²) in [5, 5.41) is 21.3. The maximum atomic E-state index is 10.7. The second-order valence-corrected chi connectivity index (χ2v) is 6.25. The van der Waals surface area contributed by atoms with Gasteiger partial charge in [-0.2, -0.15) is 0 Å². The molecule has 102 valence electrons. The first-order valence-corrected chi connectivity index (χ1v) is 7.09. The molecule has 3 rings (SSSR count). The Morgan fingerprint density at radius 1 is 0.789 bits per heavy atom. The number of aliphatic hydroxyl groups excluding tert-OH is 2. The van der Waals surface area contributed by atoms with Crippen molar-refractivity contribution in [1.82, 2.24) is 0 Å². The van der Waals surface area contributed by atoms with Crippen molar-refractivity contribution in [3.8, 4) is 0 Å². The molecule has 19 heavy (non-hydrogen) atoms. The first-order chi connectivity index (χ1) is 8.99. The maximum absolute atomic E-state index is 10.7. The van der Waals surface area contributed by atoms with Gasteiger partial charge in [-0.05, 0) is 68.7 Å². The molecule has 0 fully saturated rings. The fraction of sp³-hybridized carbons (Fsp3) is 0.529. The average Bonchev–Trinajstić information content (AvgIpc) is 2.38. The quantitative estimate of drug-likeness (QED) is 0.655. The third-order valence-electron chi connectivity index (χ3n) is 4.92. The van der Waals surface area contributed by atoms with Crippen LogP contribution in [0.4, 0.5) is 0 Å². The van der Waals surface area contributed by atoms with Crippen LogP contribution in [0, 0.1) is 0 Å². The van der Waals surface area contributed by atoms with Gasteiger partial charge in [-0.3, -0.25) is 0 Å². The van der Waals surface area contributed by atoms with Gasteiger partial charge in [-0.15, -0.1) is 0 Å². The third-order valence-corrected chi connectivity index (χ3v) is 4.92. The molecule has 0 bridgehead atoms. The van der Waals surface area contributed by atoms with Gasteiger partial charge in [-0.25, -0.2) is 0 Å². The van der Waals surface area contributed by atoms with E-state index >= 15 is 0 Å². The van der Waals surface area contributed by atoms with Crippen LogP contribution in [0.25, 0.3) is 0 Å². The van der Waals surface area contributed by atoms with Crippen molar-refractivity contribution in [1.29, 1.82) is 0 Å². The first-order valence-electron chi connectivity index (χ1n) is 7.09. The van der Waals surface area contributed by atoms with Crippen LogP contribution >= 0.6 is 0 Å². The molecule has 0 saturated carbocycles. The summed E-state index contributed by atoms with van der Waals surface area (Å²) >= 11 is 0. The molecule has 0 aromatic rings. The van der Waals surface area contributed by atoms with Crippen LogP contribution < -0.4 is 0 Å². The number of hydrogen-bond acceptors (Lipinski definition) is 2. The topological polar surface area (TPSA) is 40.5 Å². The highest BCUT2D eigenvalue weighted by Crippen LogP contribution is 2.44. The molecule has 0 heterocycles. The minimum Gasteiger partial charge on any atom is -0.384 e. The van der Waals surface area contributed by atoms with Gasteiger partial charge in [0.05, 0.1) is 12.2 Å². The lowest BCUT2D eigenvalue weighted by atomic mass is 9.71. The minimum atomic E-state index is -0.472. The van der Waals surface area contributed by atoms with E-state index in [9.17, 15) is 10.2 Å². The Labute approximate surface area is 114 Å². The Bertz CT molecular complexity index is 558. The molecule has 0 aromatic heterocycles. The fourth-order valence-electron chi connectivity index (χ4n) is 3.53. The van der Waals surface area contributed by atoms with Gasteiger partial charge in [0, 0.05) is 0 Å². The minimum absolute atomic E-state index is 0.471. The predicted octanol–water partition coefficient (Wildman–Crippen LogP) is 3.19. The Hall–Kier alpha value is -1.12. The van der Waals surface area contributed by atoms with Gasteiger partial charge >= 0.3 is 0 Å². The monoisotopic (exact) mass is 258 g/mol. The zero-order valence-electron chi connectivity index (χ0n) is 12.0. The Morgan fingerprint density at radius 2 is 1.26 bits per heavy atom. The van der Waals surface area contributed by atoms with Crippen molar-refractivity contribution in [2.45, 2.75) is 58.7 Å². The summed E-state index contributed by atoms with van der Waals surface area (Å²) < 4.78 is 0. The van der Waals surface area contributed by atoms with Crippen LogP contribution in [0.15, 0.2) is 45.1 Å². The highest BCUT2D eigenvalue weighted by atomic mass is 16.3. The Morgan fingerprint density at radius 3 is 1.84 bits per heavy atom. The highest BCUT2D eigenvalue weighted by molar-refractivity contribution is 5.51. The van der Waals surface area contributed by atoms with Crippen molar-refractivity contribution < 1.29 is 10.2 Å². The van der Waals surface area contributed by atoms with Gasteiger partial charge in [-0.1, -0.05) is 22.8 Å². The summed E-state index contributed by atoms with van der Waals surface area (Å²) in [6.07, 6.45) is 4.47. The van der Waals surface area contributed by atoms with E-state index in [2.05, 4.69) is 26.8 Å². The van der Waals surface area contributed by atoms with Gasteiger partial charge < -0.3 is 10.2 Å². The fourth-order valence-corrected chi connectivity index (χ4v) is 3.53. The first kappa shape index (κ1) is 12.9. The number of aliphatic hydroxyl groups is 2. The SMILES string of the molecule is CC1=CCC2=C(C1)C(O)C1=C(CC(C)=C(C)C1)C2O. The van der Waals surface area contributed by atoms with E-state index in [1.807, 2.05) is 0 Å². The van der Waals surface area contributed by atoms with Crippen molar-refractivity contribution in [3.05, 3.63) is 45.1 Å². The molecule has 0 saturated heterocycles. The van der Waals surface area contributed by atoms with Gasteiger partial charge in [0.1, 0.15) is 0 Å². The van der Waals surface area contributed by atoms with E-state index in [1.54, 1.807) is 0 Å². The summed E-state index contributed by atoms with van der Waals surface area (Å²) in [5.74, 6) is 0. The van der Waals surface area contributed by atoms with Crippen molar-refractivity contribution in [2.75, 3.05) is 0 Å². The lowest BCUT2D eigenvalue weighted by molar-refractivity contribution is 0.191. The van der Waals surface area contributed by atoms with Crippen LogP contribution in [-0.4, -0.2) is 22.4 Å². The molecule has 2 nitrogen and oxygen atoms in total. The van der Waals surface area contributed by atoms with E-state index < -0.39 is 12.2 Å². The van der Waals surface area contributed by atoms with E-state index in [0.717, 1.165) is 48.0 Å². The molecule has 2 unspecified atom stereocenters. The standard InChI is InChI=1S/C17H22O2/c1-9-4-5-12-13(6-9)17(19)15-8-11(3)10(2)7-14(15)16(12)18/h4,16-19H,5-8H2,1-3H3. The van der Waals surface area contributed by atoms with Crippen LogP contribution in [0.1, 0.15) is 46.5 Å². The van der Waals surface area contributed by atoms with Gasteiger partial charge in [0.2, 0.25) is 0 Å². The largest absolute Gasteiger partial charge is 0.384 e. The zero-order valence-corrected chi connectivity index (χ0v) is 12.0. The van der Waals surface area contributed by atoms with Crippen molar-refractivity contribution in [3.63, 3.8) is 0 Å². The third kappa shape index (κ3) is 1.94. The molecule has 0 aromatic carbocycles. The number of rotatable bonds is 0. The molecule has 2 heteroatoms. The van der Waals surface area contributed by atoms with E-state index in [4.69, 9.17) is 0 Å². The number of hydrogen-bond donors (Lipinski definition) is 2. The summed E-state index contributed by atoms with van der Waals surface area (Å²) in [6.45, 7) is 6.37. The van der Waals surface area contributed by atoms with Crippen LogP contribution in [0.3, 0.4) is 0 Å². The van der Waals surface area contributed by atoms with E-state index in [0.29, 0.717) is 0 Å². The summed E-state index contributed by atoms with van der Waals surface area (Å²) in [5.41, 5.74) is 8.20. The molecule has 0 radical (unpaired) electrons. The van der Waals surface area contributed by atoms with Crippen LogP contribution in [0.2, 0.25) is 0 Å². The Balaban J connectivity index is 1.99. The summed E-state index contributed by atoms with van der Waals surface area (Å²) in [7, 11) is 0. The molecular formula is C17H22O2. The molecule has 2 atom stereocenters. The van der Waals surface area contributed by atoms with Gasteiger partial charge in [0.25, 0.3) is 0 Å². The van der Waals surface area contributed by atoms with E-state index in [1.165, 1.54) is 16.7 Å². The van der Waals surface area contributed by atoms with E-state index in [-0.39, 0.29) is 0 Å². The molecule has 0 spiro atoms. The zero-order chi connectivity index (χ0) is 13.7. The smallest absolute Gasteiger partial charge is 0.0974 e. The Kier molecular flexibility index (Phi) is 3.03. The van der Waals surface area contributed by atoms with Crippen molar-refractivity contribution >= 4 is 0 Å². The molecule has 3 aliphatic carbocycles. The van der Waals surface area contributed by atoms with Crippen molar-refractivity contribution in [2.24, 2.45) is 0 Å². The maximum Gasteiger partial charge on any atom is 0.0974 e. The summed E-state index contributed by atoms with van der Waals surface area (Å²) in [4.78, 5) is 0. The second kappa shape index (κ2) is 4.46. The lowest BCUT2D eigenvalue weighted by Gasteiger charge is -2.38. The highest BCUT2D eigenvalue weighted by Gasteiger charge is 2.36. The average molecular weight is 258 g/mol. The number of allylic oxidation sites excluding steroid dienone is 4. The van der Waals surface area contributed by atoms with Crippen LogP contribution in [-0.2, 0) is 0 Å². The van der Waals surface area contributed by atoms with Gasteiger partial charge in [0.15, 0.2) is 0 Å². The molecule has 0 amide bonds. The summed E-state index contributed by atoms with van der Waals surface area (Å²) in [6, 6.07) is 0. The molecule has 0 aliphatic heterocycles. The molecule has 2 N–H and O–H groups in total. The molecular weight excluding hydrogens is 236 g/mol. The normalized spacial score (nSPS) is 31.3. The van der Waals surface area contributed by atoms with Crippen LogP contribution in [0.5, 0.6) is 0 Å². The second-order valence-electron chi connectivity index (χ2n) is 6.25.